The first kappa shape index (κ1) is 30.5. The second-order valence-electron chi connectivity index (χ2n) is 12.8. The van der Waals surface area contributed by atoms with Gasteiger partial charge in [0.1, 0.15) is 0 Å². The molecule has 0 saturated carbocycles. The molecule has 0 aromatic heterocycles. The number of anilines is 1. The van der Waals surface area contributed by atoms with Gasteiger partial charge in [-0.15, -0.1) is 0 Å². The second-order valence-corrected chi connectivity index (χ2v) is 12.8. The largest absolute Gasteiger partial charge is 0.478 e. The third kappa shape index (κ3) is 7.64. The van der Waals surface area contributed by atoms with Gasteiger partial charge in [-0.2, -0.15) is 0 Å². The Bertz CT molecular complexity index is 1570. The van der Waals surface area contributed by atoms with Crippen LogP contribution in [0.4, 0.5) is 5.69 Å². The van der Waals surface area contributed by atoms with Crippen molar-refractivity contribution in [3.8, 4) is 11.1 Å². The van der Waals surface area contributed by atoms with Gasteiger partial charge in [0.2, 0.25) is 0 Å². The van der Waals surface area contributed by atoms with Crippen molar-refractivity contribution in [3.05, 3.63) is 130 Å². The van der Waals surface area contributed by atoms with Crippen LogP contribution >= 0.6 is 0 Å². The Morgan fingerprint density at radius 2 is 1.40 bits per heavy atom. The molecule has 42 heavy (non-hydrogen) atoms. The topological polar surface area (TPSA) is 66.4 Å². The molecule has 0 aliphatic rings. The summed E-state index contributed by atoms with van der Waals surface area (Å²) in [4.78, 5) is 24.7. The highest BCUT2D eigenvalue weighted by Gasteiger charge is 2.24. The predicted molar refractivity (Wildman–Crippen MR) is 175 cm³/mol. The van der Waals surface area contributed by atoms with E-state index in [0.717, 1.165) is 40.9 Å². The molecule has 0 bridgehead atoms. The molecule has 0 saturated heterocycles. The number of hydrogen-bond donors (Lipinski definition) is 2. The summed E-state index contributed by atoms with van der Waals surface area (Å²) in [6.07, 6.45) is 4.18. The molecule has 4 aromatic rings. The van der Waals surface area contributed by atoms with Gasteiger partial charge in [0.05, 0.1) is 5.56 Å². The number of allylic oxidation sites excluding steroid dienone is 1. The van der Waals surface area contributed by atoms with Gasteiger partial charge in [-0.3, -0.25) is 4.79 Å². The molecule has 4 heteroatoms. The summed E-state index contributed by atoms with van der Waals surface area (Å²) in [5.41, 5.74) is 8.11. The van der Waals surface area contributed by atoms with Crippen molar-refractivity contribution in [3.63, 3.8) is 0 Å². The molecule has 4 rings (SSSR count). The quantitative estimate of drug-likeness (QED) is 0.158. The highest BCUT2D eigenvalue weighted by Crippen LogP contribution is 2.39. The molecule has 216 valence electrons. The summed E-state index contributed by atoms with van der Waals surface area (Å²) in [6.45, 7) is 13.9. The number of hydrogen-bond acceptors (Lipinski definition) is 3. The summed E-state index contributed by atoms with van der Waals surface area (Å²) in [6, 6.07) is 29.6. The molecule has 0 unspecified atom stereocenters. The monoisotopic (exact) mass is 559 g/mol. The highest BCUT2D eigenvalue weighted by atomic mass is 16.4. The molecule has 4 nitrogen and oxygen atoms in total. The fourth-order valence-corrected chi connectivity index (χ4v) is 4.93. The van der Waals surface area contributed by atoms with E-state index in [9.17, 15) is 9.59 Å². The lowest BCUT2D eigenvalue weighted by molar-refractivity contribution is 0.0696. The second kappa shape index (κ2) is 12.6. The molecule has 0 aliphatic carbocycles. The van der Waals surface area contributed by atoms with Gasteiger partial charge in [0, 0.05) is 23.4 Å². The lowest BCUT2D eigenvalue weighted by atomic mass is 9.81. The summed E-state index contributed by atoms with van der Waals surface area (Å²) < 4.78 is 0. The Kier molecular flexibility index (Phi) is 9.16. The van der Waals surface area contributed by atoms with Crippen molar-refractivity contribution >= 4 is 23.5 Å². The molecule has 4 aromatic carbocycles. The molecule has 0 amide bonds. The number of ketones is 1. The van der Waals surface area contributed by atoms with Crippen molar-refractivity contribution in [2.75, 3.05) is 11.9 Å². The van der Waals surface area contributed by atoms with Crippen LogP contribution in [-0.2, 0) is 17.3 Å². The van der Waals surface area contributed by atoms with Gasteiger partial charge in [0.15, 0.2) is 5.78 Å². The van der Waals surface area contributed by atoms with Gasteiger partial charge in [-0.1, -0.05) is 114 Å². The minimum absolute atomic E-state index is 0.0388. The first-order chi connectivity index (χ1) is 19.8. The molecular formula is C38H41NO3. The predicted octanol–water partition coefficient (Wildman–Crippen LogP) is 9.20. The van der Waals surface area contributed by atoms with E-state index in [1.807, 2.05) is 18.2 Å². The van der Waals surface area contributed by atoms with Crippen LogP contribution in [-0.4, -0.2) is 23.4 Å². The zero-order valence-electron chi connectivity index (χ0n) is 25.5. The fraction of sp³-hybridized carbons (Fsp3) is 0.263. The number of benzene rings is 4. The van der Waals surface area contributed by atoms with Gasteiger partial charge >= 0.3 is 5.97 Å². The van der Waals surface area contributed by atoms with Crippen LogP contribution in [0.2, 0.25) is 0 Å². The first-order valence-corrected chi connectivity index (χ1v) is 14.5. The van der Waals surface area contributed by atoms with Crippen molar-refractivity contribution in [2.45, 2.75) is 58.8 Å². The minimum Gasteiger partial charge on any atom is -0.478 e. The standard InChI is InChI=1S/C38H41NO3/c1-37(2,3)31-19-17-28(18-20-31)32-24-30(34(40)21-14-27-12-15-29(16-13-27)36(41)42)25-33(38(4,5)6)35(32)39-23-22-26-10-8-7-9-11-26/h7-21,24-25,39H,22-23H2,1-6H3,(H,41,42)/b21-14+. The van der Waals surface area contributed by atoms with Crippen LogP contribution in [0.5, 0.6) is 0 Å². The average Bonchev–Trinajstić information content (AvgIpc) is 2.95. The van der Waals surface area contributed by atoms with Crippen LogP contribution in [0.3, 0.4) is 0 Å². The zero-order chi connectivity index (χ0) is 30.5. The summed E-state index contributed by atoms with van der Waals surface area (Å²) >= 11 is 0. The number of nitrogens with one attached hydrogen (secondary N) is 1. The van der Waals surface area contributed by atoms with Crippen LogP contribution < -0.4 is 5.32 Å². The Hall–Kier alpha value is -4.44. The molecule has 2 N–H and O–H groups in total. The maximum Gasteiger partial charge on any atom is 0.335 e. The number of carboxylic acids is 1. The van der Waals surface area contributed by atoms with E-state index in [1.165, 1.54) is 11.1 Å². The highest BCUT2D eigenvalue weighted by molar-refractivity contribution is 6.08. The van der Waals surface area contributed by atoms with E-state index in [0.29, 0.717) is 5.56 Å². The molecule has 0 atom stereocenters. The number of carbonyl (C=O) groups is 2. The fourth-order valence-electron chi connectivity index (χ4n) is 4.93. The lowest BCUT2D eigenvalue weighted by Crippen LogP contribution is -2.18. The van der Waals surface area contributed by atoms with Crippen molar-refractivity contribution < 1.29 is 14.7 Å². The Labute approximate surface area is 250 Å². The average molecular weight is 560 g/mol. The molecule has 0 fully saturated rings. The van der Waals surface area contributed by atoms with Gasteiger partial charge < -0.3 is 10.4 Å². The zero-order valence-corrected chi connectivity index (χ0v) is 25.5. The number of carbonyl (C=O) groups excluding carboxylic acids is 1. The van der Waals surface area contributed by atoms with Crippen LogP contribution in [0, 0.1) is 0 Å². The van der Waals surface area contributed by atoms with E-state index >= 15 is 0 Å². The summed E-state index contributed by atoms with van der Waals surface area (Å²) in [7, 11) is 0. The molecule has 0 heterocycles. The lowest BCUT2D eigenvalue weighted by Gasteiger charge is -2.27. The van der Waals surface area contributed by atoms with Gasteiger partial charge in [-0.25, -0.2) is 4.79 Å². The molecular weight excluding hydrogens is 518 g/mol. The molecule has 0 aliphatic heterocycles. The smallest absolute Gasteiger partial charge is 0.335 e. The Balaban J connectivity index is 1.76. The third-order valence-electron chi connectivity index (χ3n) is 7.44. The number of carboxylic acid groups (broad SMARTS) is 1. The van der Waals surface area contributed by atoms with Crippen LogP contribution in [0.25, 0.3) is 17.2 Å². The number of rotatable bonds is 9. The first-order valence-electron chi connectivity index (χ1n) is 14.5. The van der Waals surface area contributed by atoms with Crippen molar-refractivity contribution in [1.29, 1.82) is 0 Å². The van der Waals surface area contributed by atoms with E-state index in [1.54, 1.807) is 36.4 Å². The van der Waals surface area contributed by atoms with E-state index in [4.69, 9.17) is 5.11 Å². The Morgan fingerprint density at radius 1 is 0.762 bits per heavy atom. The Morgan fingerprint density at radius 3 is 1.98 bits per heavy atom. The number of aromatic carboxylic acids is 1. The van der Waals surface area contributed by atoms with Crippen LogP contribution in [0.1, 0.15) is 84.5 Å². The summed E-state index contributed by atoms with van der Waals surface area (Å²) in [5, 5.41) is 12.9. The minimum atomic E-state index is -0.975. The van der Waals surface area contributed by atoms with E-state index in [2.05, 4.69) is 95.4 Å². The maximum absolute atomic E-state index is 13.6. The van der Waals surface area contributed by atoms with Crippen molar-refractivity contribution in [1.82, 2.24) is 0 Å². The summed E-state index contributed by atoms with van der Waals surface area (Å²) in [5.74, 6) is -1.08. The third-order valence-corrected chi connectivity index (χ3v) is 7.44. The van der Waals surface area contributed by atoms with Gasteiger partial charge in [-0.05, 0) is 75.4 Å². The van der Waals surface area contributed by atoms with E-state index in [-0.39, 0.29) is 22.2 Å². The van der Waals surface area contributed by atoms with Gasteiger partial charge in [0.25, 0.3) is 0 Å². The molecule has 0 radical (unpaired) electrons. The van der Waals surface area contributed by atoms with E-state index < -0.39 is 5.97 Å². The SMILES string of the molecule is CC(C)(C)c1ccc(-c2cc(C(=O)/C=C/c3ccc(C(=O)O)cc3)cc(C(C)(C)C)c2NCCc2ccccc2)cc1. The van der Waals surface area contributed by atoms with Crippen LogP contribution in [0.15, 0.2) is 97.1 Å². The maximum atomic E-state index is 13.6. The normalized spacial score (nSPS) is 12.0. The van der Waals surface area contributed by atoms with Crippen molar-refractivity contribution in [2.24, 2.45) is 0 Å². The molecule has 0 spiro atoms.